The SMILES string of the molecule is O=C(O)C1=C(SCc2cn[nH]c2)CS[C@@H]2[C@H](NC(=O)[C@H](O)c3ccccc3)C(=O)N12. The summed E-state index contributed by atoms with van der Waals surface area (Å²) in [5, 5.41) is 28.5. The number of benzene rings is 1. The van der Waals surface area contributed by atoms with Crippen molar-refractivity contribution in [3.8, 4) is 0 Å². The summed E-state index contributed by atoms with van der Waals surface area (Å²) in [5.41, 5.74) is 1.28. The number of aliphatic carboxylic acids is 1. The number of aromatic amines is 1. The topological polar surface area (TPSA) is 136 Å². The summed E-state index contributed by atoms with van der Waals surface area (Å²) in [7, 11) is 0. The molecule has 9 nitrogen and oxygen atoms in total. The summed E-state index contributed by atoms with van der Waals surface area (Å²) in [6.45, 7) is 0. The number of aliphatic hydroxyl groups is 1. The van der Waals surface area contributed by atoms with Gasteiger partial charge in [-0.2, -0.15) is 5.10 Å². The van der Waals surface area contributed by atoms with E-state index in [1.165, 1.54) is 28.4 Å². The van der Waals surface area contributed by atoms with E-state index in [-0.39, 0.29) is 5.70 Å². The van der Waals surface area contributed by atoms with Gasteiger partial charge in [-0.25, -0.2) is 4.79 Å². The third-order valence-electron chi connectivity index (χ3n) is 4.77. The van der Waals surface area contributed by atoms with Crippen LogP contribution in [0, 0.1) is 0 Å². The Morgan fingerprint density at radius 2 is 2.13 bits per heavy atom. The summed E-state index contributed by atoms with van der Waals surface area (Å²) >= 11 is 2.73. The Labute approximate surface area is 179 Å². The lowest BCUT2D eigenvalue weighted by Gasteiger charge is -2.49. The maximum absolute atomic E-state index is 12.7. The molecule has 0 radical (unpaired) electrons. The third kappa shape index (κ3) is 3.83. The molecule has 0 bridgehead atoms. The van der Waals surface area contributed by atoms with E-state index >= 15 is 0 Å². The Bertz CT molecular complexity index is 996. The zero-order valence-electron chi connectivity index (χ0n) is 15.5. The fraction of sp³-hybridized carbons (Fsp3) is 0.263. The molecule has 1 aromatic carbocycles. The number of hydrogen-bond donors (Lipinski definition) is 4. The lowest BCUT2D eigenvalue weighted by Crippen LogP contribution is -2.70. The number of rotatable bonds is 7. The van der Waals surface area contributed by atoms with Gasteiger partial charge in [-0.15, -0.1) is 23.5 Å². The minimum Gasteiger partial charge on any atom is -0.477 e. The van der Waals surface area contributed by atoms with E-state index < -0.39 is 35.3 Å². The number of carboxylic acids is 1. The van der Waals surface area contributed by atoms with E-state index in [0.29, 0.717) is 22.0 Å². The molecule has 0 unspecified atom stereocenters. The third-order valence-corrected chi connectivity index (χ3v) is 7.39. The number of carbonyl (C=O) groups is 3. The molecule has 11 heteroatoms. The van der Waals surface area contributed by atoms with Crippen LogP contribution in [0.2, 0.25) is 0 Å². The van der Waals surface area contributed by atoms with E-state index in [4.69, 9.17) is 0 Å². The van der Waals surface area contributed by atoms with Crippen LogP contribution in [0.3, 0.4) is 0 Å². The first-order chi connectivity index (χ1) is 14.5. The van der Waals surface area contributed by atoms with Crippen molar-refractivity contribution < 1.29 is 24.6 Å². The van der Waals surface area contributed by atoms with Gasteiger partial charge < -0.3 is 15.5 Å². The van der Waals surface area contributed by atoms with Gasteiger partial charge in [0.15, 0.2) is 6.10 Å². The molecule has 30 heavy (non-hydrogen) atoms. The van der Waals surface area contributed by atoms with Gasteiger partial charge in [0, 0.05) is 28.2 Å². The number of carboxylic acid groups (broad SMARTS) is 1. The molecule has 4 N–H and O–H groups in total. The van der Waals surface area contributed by atoms with Gasteiger partial charge in [0.1, 0.15) is 17.1 Å². The molecule has 156 valence electrons. The van der Waals surface area contributed by atoms with Crippen LogP contribution in [-0.4, -0.2) is 60.3 Å². The Morgan fingerprint density at radius 3 is 2.80 bits per heavy atom. The number of H-pyrrole nitrogens is 1. The highest BCUT2D eigenvalue weighted by atomic mass is 32.2. The Balaban J connectivity index is 1.46. The fourth-order valence-corrected chi connectivity index (χ4v) is 5.80. The van der Waals surface area contributed by atoms with Gasteiger partial charge in [-0.05, 0) is 5.56 Å². The van der Waals surface area contributed by atoms with Crippen LogP contribution in [0.25, 0.3) is 0 Å². The number of amides is 2. The smallest absolute Gasteiger partial charge is 0.353 e. The predicted octanol–water partition coefficient (Wildman–Crippen LogP) is 1.07. The summed E-state index contributed by atoms with van der Waals surface area (Å²) < 4.78 is 0. The van der Waals surface area contributed by atoms with Crippen molar-refractivity contribution in [2.45, 2.75) is 23.3 Å². The lowest BCUT2D eigenvalue weighted by atomic mass is 10.0. The molecule has 2 aliphatic rings. The van der Waals surface area contributed by atoms with Crippen molar-refractivity contribution in [2.75, 3.05) is 5.75 Å². The fourth-order valence-electron chi connectivity index (χ4n) is 3.25. The zero-order valence-corrected chi connectivity index (χ0v) is 17.2. The summed E-state index contributed by atoms with van der Waals surface area (Å²) in [6, 6.07) is 7.52. The quantitative estimate of drug-likeness (QED) is 0.464. The largest absolute Gasteiger partial charge is 0.477 e. The maximum Gasteiger partial charge on any atom is 0.353 e. The van der Waals surface area contributed by atoms with Crippen molar-refractivity contribution in [3.63, 3.8) is 0 Å². The summed E-state index contributed by atoms with van der Waals surface area (Å²) in [6.07, 6.45) is 1.98. The molecule has 4 rings (SSSR count). The van der Waals surface area contributed by atoms with E-state index in [9.17, 15) is 24.6 Å². The number of nitrogens with zero attached hydrogens (tertiary/aromatic N) is 2. The second kappa shape index (κ2) is 8.54. The molecule has 0 spiro atoms. The highest BCUT2D eigenvalue weighted by Gasteiger charge is 2.54. The van der Waals surface area contributed by atoms with Crippen LogP contribution < -0.4 is 5.32 Å². The average Bonchev–Trinajstić information content (AvgIpc) is 3.28. The molecule has 2 amide bonds. The number of fused-ring (bicyclic) bond motifs is 1. The summed E-state index contributed by atoms with van der Waals surface area (Å²) in [4.78, 5) is 38.7. The molecule has 1 aromatic heterocycles. The monoisotopic (exact) mass is 446 g/mol. The van der Waals surface area contributed by atoms with Crippen molar-refractivity contribution in [2.24, 2.45) is 0 Å². The van der Waals surface area contributed by atoms with E-state index in [1.54, 1.807) is 42.7 Å². The second-order valence-corrected chi connectivity index (χ2v) is 8.86. The van der Waals surface area contributed by atoms with Gasteiger partial charge in [0.2, 0.25) is 0 Å². The van der Waals surface area contributed by atoms with Crippen molar-refractivity contribution in [3.05, 3.63) is 64.5 Å². The molecule has 1 saturated heterocycles. The van der Waals surface area contributed by atoms with E-state index in [1.807, 2.05) is 0 Å². The normalized spacial score (nSPS) is 21.6. The van der Waals surface area contributed by atoms with Crippen LogP contribution in [0.15, 0.2) is 53.3 Å². The number of carbonyl (C=O) groups excluding carboxylic acids is 2. The molecule has 3 heterocycles. The molecule has 0 saturated carbocycles. The number of aromatic nitrogens is 2. The first-order valence-corrected chi connectivity index (χ1v) is 11.1. The minimum absolute atomic E-state index is 0.0497. The van der Waals surface area contributed by atoms with Crippen LogP contribution in [-0.2, 0) is 20.1 Å². The highest BCUT2D eigenvalue weighted by molar-refractivity contribution is 8.05. The van der Waals surface area contributed by atoms with E-state index in [0.717, 1.165) is 5.56 Å². The van der Waals surface area contributed by atoms with Crippen LogP contribution >= 0.6 is 23.5 Å². The van der Waals surface area contributed by atoms with Gasteiger partial charge >= 0.3 is 5.97 Å². The van der Waals surface area contributed by atoms with Crippen molar-refractivity contribution in [1.29, 1.82) is 0 Å². The number of hydrogen-bond acceptors (Lipinski definition) is 7. The van der Waals surface area contributed by atoms with Gasteiger partial charge in [0.05, 0.1) is 6.20 Å². The Kier molecular flexibility index (Phi) is 5.84. The molecular formula is C19H18N4O5S2. The summed E-state index contributed by atoms with van der Waals surface area (Å²) in [5.74, 6) is -1.44. The first kappa shape index (κ1) is 20.5. The maximum atomic E-state index is 12.7. The Hall–Kier alpha value is -2.76. The molecule has 3 atom stereocenters. The van der Waals surface area contributed by atoms with Crippen molar-refractivity contribution in [1.82, 2.24) is 20.4 Å². The average molecular weight is 447 g/mol. The van der Waals surface area contributed by atoms with Crippen LogP contribution in [0.5, 0.6) is 0 Å². The minimum atomic E-state index is -1.41. The van der Waals surface area contributed by atoms with Crippen LogP contribution in [0.1, 0.15) is 17.2 Å². The number of nitrogens with one attached hydrogen (secondary N) is 2. The molecule has 2 aliphatic heterocycles. The van der Waals surface area contributed by atoms with E-state index in [2.05, 4.69) is 15.5 Å². The second-order valence-electron chi connectivity index (χ2n) is 6.68. The van der Waals surface area contributed by atoms with Gasteiger partial charge in [-0.1, -0.05) is 30.3 Å². The molecule has 1 fully saturated rings. The van der Waals surface area contributed by atoms with Crippen LogP contribution in [0.4, 0.5) is 0 Å². The molecule has 0 aliphatic carbocycles. The number of thioether (sulfide) groups is 2. The standard InChI is InChI=1S/C19H18N4O5S2/c24-15(11-4-2-1-3-5-11)16(25)22-13-17(26)23-14(19(27)28)12(9-30-18(13)23)29-8-10-6-20-21-7-10/h1-7,13,15,18,24H,8-9H2,(H,20,21)(H,22,25)(H,27,28)/t13-,15-,18-/m1/s1. The predicted molar refractivity (Wildman–Crippen MR) is 111 cm³/mol. The van der Waals surface area contributed by atoms with Crippen molar-refractivity contribution >= 4 is 41.3 Å². The zero-order chi connectivity index (χ0) is 21.3. The Morgan fingerprint density at radius 1 is 1.37 bits per heavy atom. The molecule has 2 aromatic rings. The lowest BCUT2D eigenvalue weighted by molar-refractivity contribution is -0.151. The highest BCUT2D eigenvalue weighted by Crippen LogP contribution is 2.44. The van der Waals surface area contributed by atoms with Gasteiger partial charge in [0.25, 0.3) is 11.8 Å². The first-order valence-electron chi connectivity index (χ1n) is 9.02. The molecular weight excluding hydrogens is 428 g/mol. The van der Waals surface area contributed by atoms with Gasteiger partial charge in [-0.3, -0.25) is 19.6 Å². The number of β-lactam (4-membered cyclic amide) rings is 1. The number of aliphatic hydroxyl groups excluding tert-OH is 1.